The van der Waals surface area contributed by atoms with Gasteiger partial charge in [0.1, 0.15) is 5.82 Å². The molecule has 0 saturated heterocycles. The van der Waals surface area contributed by atoms with Gasteiger partial charge < -0.3 is 5.32 Å². The summed E-state index contributed by atoms with van der Waals surface area (Å²) in [6, 6.07) is 12.1. The predicted molar refractivity (Wildman–Crippen MR) is 100.0 cm³/mol. The van der Waals surface area contributed by atoms with Crippen molar-refractivity contribution in [3.05, 3.63) is 82.4 Å². The molecule has 1 N–H and O–H groups in total. The molecule has 8 heteroatoms. The number of aryl methyl sites for hydroxylation is 1. The first-order valence-corrected chi connectivity index (χ1v) is 8.89. The Morgan fingerprint density at radius 3 is 2.45 bits per heavy atom. The van der Waals surface area contributed by atoms with Crippen molar-refractivity contribution < 1.29 is 22.4 Å². The Kier molecular flexibility index (Phi) is 5.72. The Balaban J connectivity index is 1.70. The molecule has 0 aliphatic heterocycles. The number of para-hydroxylation sites is 1. The van der Waals surface area contributed by atoms with Crippen LogP contribution in [0.15, 0.2) is 48.5 Å². The molecule has 0 radical (unpaired) electrons. The van der Waals surface area contributed by atoms with E-state index >= 15 is 0 Å². The third kappa shape index (κ3) is 4.64. The van der Waals surface area contributed by atoms with Gasteiger partial charge in [0.2, 0.25) is 5.91 Å². The summed E-state index contributed by atoms with van der Waals surface area (Å²) in [6.45, 7) is 3.52. The molecule has 1 heterocycles. The standard InChI is InChI=1S/C21H19F4N3O/c1-13-17(14(2)28(27-13)16-6-4-3-5-7-16)11-20(29)26-12-15-8-9-19(22)18(10-15)21(23,24)25/h3-10H,11-12H2,1-2H3,(H,26,29). The van der Waals surface area contributed by atoms with E-state index in [0.717, 1.165) is 23.0 Å². The van der Waals surface area contributed by atoms with Crippen LogP contribution in [0.4, 0.5) is 17.6 Å². The maximum Gasteiger partial charge on any atom is 0.419 e. The molecule has 0 bridgehead atoms. The van der Waals surface area contributed by atoms with Crippen LogP contribution >= 0.6 is 0 Å². The van der Waals surface area contributed by atoms with Crippen LogP contribution in [0.3, 0.4) is 0 Å². The largest absolute Gasteiger partial charge is 0.419 e. The van der Waals surface area contributed by atoms with Crippen molar-refractivity contribution in [2.75, 3.05) is 0 Å². The second-order valence-corrected chi connectivity index (χ2v) is 6.66. The number of alkyl halides is 3. The Morgan fingerprint density at radius 2 is 1.79 bits per heavy atom. The lowest BCUT2D eigenvalue weighted by atomic mass is 10.1. The molecule has 4 nitrogen and oxygen atoms in total. The maximum absolute atomic E-state index is 13.4. The average molecular weight is 405 g/mol. The van der Waals surface area contributed by atoms with E-state index < -0.39 is 17.6 Å². The van der Waals surface area contributed by atoms with Gasteiger partial charge in [0, 0.05) is 17.8 Å². The van der Waals surface area contributed by atoms with Gasteiger partial charge in [-0.1, -0.05) is 24.3 Å². The van der Waals surface area contributed by atoms with Crippen molar-refractivity contribution in [2.45, 2.75) is 33.0 Å². The molecule has 3 rings (SSSR count). The van der Waals surface area contributed by atoms with Gasteiger partial charge in [-0.05, 0) is 43.7 Å². The summed E-state index contributed by atoms with van der Waals surface area (Å²) in [6.07, 6.45) is -4.75. The van der Waals surface area contributed by atoms with Crippen LogP contribution in [0.25, 0.3) is 5.69 Å². The zero-order chi connectivity index (χ0) is 21.2. The van der Waals surface area contributed by atoms with Gasteiger partial charge in [0.05, 0.1) is 23.4 Å². The molecule has 0 atom stereocenters. The Bertz CT molecular complexity index is 1030. The molecule has 2 aromatic carbocycles. The number of carbonyl (C=O) groups is 1. The van der Waals surface area contributed by atoms with Crippen LogP contribution in [0.2, 0.25) is 0 Å². The summed E-state index contributed by atoms with van der Waals surface area (Å²) in [7, 11) is 0. The number of aromatic nitrogens is 2. The molecule has 0 saturated carbocycles. The first kappa shape index (κ1) is 20.6. The first-order valence-electron chi connectivity index (χ1n) is 8.89. The summed E-state index contributed by atoms with van der Waals surface area (Å²) < 4.78 is 53.5. The van der Waals surface area contributed by atoms with Crippen molar-refractivity contribution in [3.8, 4) is 5.69 Å². The van der Waals surface area contributed by atoms with Gasteiger partial charge in [-0.3, -0.25) is 4.79 Å². The number of benzene rings is 2. The quantitative estimate of drug-likeness (QED) is 0.635. The topological polar surface area (TPSA) is 46.9 Å². The van der Waals surface area contributed by atoms with Crippen molar-refractivity contribution in [1.29, 1.82) is 0 Å². The van der Waals surface area contributed by atoms with Crippen molar-refractivity contribution >= 4 is 5.91 Å². The van der Waals surface area contributed by atoms with E-state index in [1.807, 2.05) is 37.3 Å². The number of nitrogens with one attached hydrogen (secondary N) is 1. The van der Waals surface area contributed by atoms with Crippen molar-refractivity contribution in [3.63, 3.8) is 0 Å². The molecule has 29 heavy (non-hydrogen) atoms. The Morgan fingerprint density at radius 1 is 1.10 bits per heavy atom. The van der Waals surface area contributed by atoms with Crippen molar-refractivity contribution in [2.24, 2.45) is 0 Å². The van der Waals surface area contributed by atoms with E-state index in [0.29, 0.717) is 11.8 Å². The number of rotatable bonds is 5. The zero-order valence-corrected chi connectivity index (χ0v) is 15.8. The summed E-state index contributed by atoms with van der Waals surface area (Å²) in [5.41, 5.74) is 1.94. The molecule has 152 valence electrons. The number of hydrogen-bond acceptors (Lipinski definition) is 2. The van der Waals surface area contributed by atoms with Crippen LogP contribution in [0.5, 0.6) is 0 Å². The van der Waals surface area contributed by atoms with Gasteiger partial charge in [-0.2, -0.15) is 18.3 Å². The Labute approximate surface area is 165 Å². The fourth-order valence-electron chi connectivity index (χ4n) is 3.07. The van der Waals surface area contributed by atoms with Crippen LogP contribution in [-0.4, -0.2) is 15.7 Å². The highest BCUT2D eigenvalue weighted by Gasteiger charge is 2.34. The summed E-state index contributed by atoms with van der Waals surface area (Å²) in [5, 5.41) is 7.05. The normalized spacial score (nSPS) is 11.5. The van der Waals surface area contributed by atoms with Gasteiger partial charge >= 0.3 is 6.18 Å². The summed E-state index contributed by atoms with van der Waals surface area (Å²) in [5.74, 6) is -1.70. The molecule has 0 unspecified atom stereocenters. The lowest BCUT2D eigenvalue weighted by Crippen LogP contribution is -2.25. The van der Waals surface area contributed by atoms with Crippen LogP contribution < -0.4 is 5.32 Å². The number of nitrogens with zero attached hydrogens (tertiary/aromatic N) is 2. The lowest BCUT2D eigenvalue weighted by Gasteiger charge is -2.11. The van der Waals surface area contributed by atoms with Crippen molar-refractivity contribution in [1.82, 2.24) is 15.1 Å². The van der Waals surface area contributed by atoms with Crippen LogP contribution in [-0.2, 0) is 23.9 Å². The minimum Gasteiger partial charge on any atom is -0.352 e. The number of halogens is 4. The highest BCUT2D eigenvalue weighted by atomic mass is 19.4. The van der Waals surface area contributed by atoms with E-state index in [9.17, 15) is 22.4 Å². The molecule has 3 aromatic rings. The molecule has 1 amide bonds. The fraction of sp³-hybridized carbons (Fsp3) is 0.238. The first-order chi connectivity index (χ1) is 13.7. The smallest absolute Gasteiger partial charge is 0.352 e. The van der Waals surface area contributed by atoms with E-state index in [1.165, 1.54) is 6.07 Å². The highest BCUT2D eigenvalue weighted by Crippen LogP contribution is 2.31. The molecule has 0 fully saturated rings. The third-order valence-corrected chi connectivity index (χ3v) is 4.61. The van der Waals surface area contributed by atoms with Crippen LogP contribution in [0, 0.1) is 19.7 Å². The van der Waals surface area contributed by atoms with Crippen LogP contribution in [0.1, 0.15) is 28.1 Å². The second-order valence-electron chi connectivity index (χ2n) is 6.66. The molecular weight excluding hydrogens is 386 g/mol. The molecular formula is C21H19F4N3O. The lowest BCUT2D eigenvalue weighted by molar-refractivity contribution is -0.140. The van der Waals surface area contributed by atoms with E-state index in [2.05, 4.69) is 10.4 Å². The molecule has 0 spiro atoms. The predicted octanol–water partition coefficient (Wildman–Crippen LogP) is 4.51. The SMILES string of the molecule is Cc1nn(-c2ccccc2)c(C)c1CC(=O)NCc1ccc(F)c(C(F)(F)F)c1. The van der Waals surface area contributed by atoms with Gasteiger partial charge in [-0.15, -0.1) is 0 Å². The number of hydrogen-bond donors (Lipinski definition) is 1. The minimum atomic E-state index is -4.79. The molecule has 1 aromatic heterocycles. The van der Waals surface area contributed by atoms with E-state index in [-0.39, 0.29) is 24.4 Å². The summed E-state index contributed by atoms with van der Waals surface area (Å²) in [4.78, 5) is 12.3. The molecule has 0 aliphatic carbocycles. The highest BCUT2D eigenvalue weighted by molar-refractivity contribution is 5.79. The zero-order valence-electron chi connectivity index (χ0n) is 15.8. The van der Waals surface area contributed by atoms with Gasteiger partial charge in [-0.25, -0.2) is 9.07 Å². The van der Waals surface area contributed by atoms with E-state index in [1.54, 1.807) is 11.6 Å². The monoisotopic (exact) mass is 405 g/mol. The Hall–Kier alpha value is -3.16. The fourth-order valence-corrected chi connectivity index (χ4v) is 3.07. The number of carbonyl (C=O) groups excluding carboxylic acids is 1. The maximum atomic E-state index is 13.4. The van der Waals surface area contributed by atoms with E-state index in [4.69, 9.17) is 0 Å². The van der Waals surface area contributed by atoms with Gasteiger partial charge in [0.25, 0.3) is 0 Å². The minimum absolute atomic E-state index is 0.0395. The second kappa shape index (κ2) is 8.06. The number of amides is 1. The van der Waals surface area contributed by atoms with Gasteiger partial charge in [0.15, 0.2) is 0 Å². The summed E-state index contributed by atoms with van der Waals surface area (Å²) >= 11 is 0. The molecule has 0 aliphatic rings. The third-order valence-electron chi connectivity index (χ3n) is 4.61. The average Bonchev–Trinajstić information content (AvgIpc) is 2.95.